The molecule has 3 aromatic rings. The SMILES string of the molecule is Cn1cc(C(=O)Nc2ccn(Cc3cccc(Cl)c3)n2)cn1. The molecule has 112 valence electrons. The lowest BCUT2D eigenvalue weighted by Crippen LogP contribution is -2.12. The first-order valence-corrected chi connectivity index (χ1v) is 7.06. The normalized spacial score (nSPS) is 10.6. The monoisotopic (exact) mass is 315 g/mol. The highest BCUT2D eigenvalue weighted by Gasteiger charge is 2.09. The smallest absolute Gasteiger partial charge is 0.260 e. The summed E-state index contributed by atoms with van der Waals surface area (Å²) in [6, 6.07) is 9.33. The third-order valence-electron chi connectivity index (χ3n) is 3.08. The first-order valence-electron chi connectivity index (χ1n) is 6.68. The Labute approximate surface area is 132 Å². The molecule has 0 saturated carbocycles. The van der Waals surface area contributed by atoms with E-state index in [1.807, 2.05) is 24.3 Å². The molecule has 0 fully saturated rings. The van der Waals surface area contributed by atoms with E-state index in [4.69, 9.17) is 11.6 Å². The molecule has 0 saturated heterocycles. The van der Waals surface area contributed by atoms with Gasteiger partial charge in [-0.3, -0.25) is 14.2 Å². The fourth-order valence-corrected chi connectivity index (χ4v) is 2.28. The Bertz CT molecular complexity index is 808. The van der Waals surface area contributed by atoms with Gasteiger partial charge in [0.15, 0.2) is 5.82 Å². The number of anilines is 1. The molecular formula is C15H14ClN5O. The van der Waals surface area contributed by atoms with Crippen molar-refractivity contribution >= 4 is 23.3 Å². The van der Waals surface area contributed by atoms with Gasteiger partial charge in [-0.25, -0.2) is 0 Å². The largest absolute Gasteiger partial charge is 0.305 e. The number of aryl methyl sites for hydroxylation is 1. The summed E-state index contributed by atoms with van der Waals surface area (Å²) in [6.07, 6.45) is 4.97. The van der Waals surface area contributed by atoms with Crippen LogP contribution >= 0.6 is 11.6 Å². The maximum absolute atomic E-state index is 12.0. The molecule has 22 heavy (non-hydrogen) atoms. The fraction of sp³-hybridized carbons (Fsp3) is 0.133. The van der Waals surface area contributed by atoms with Gasteiger partial charge in [-0.15, -0.1) is 0 Å². The number of halogens is 1. The predicted octanol–water partition coefficient (Wildman–Crippen LogP) is 2.57. The number of nitrogens with one attached hydrogen (secondary N) is 1. The summed E-state index contributed by atoms with van der Waals surface area (Å²) >= 11 is 5.96. The van der Waals surface area contributed by atoms with E-state index >= 15 is 0 Å². The van der Waals surface area contributed by atoms with Crippen LogP contribution in [0.2, 0.25) is 5.02 Å². The molecule has 6 nitrogen and oxygen atoms in total. The Kier molecular flexibility index (Phi) is 3.93. The summed E-state index contributed by atoms with van der Waals surface area (Å²) < 4.78 is 3.32. The van der Waals surface area contributed by atoms with E-state index in [-0.39, 0.29) is 5.91 Å². The van der Waals surface area contributed by atoms with E-state index in [0.29, 0.717) is 22.9 Å². The van der Waals surface area contributed by atoms with Crippen molar-refractivity contribution in [3.63, 3.8) is 0 Å². The molecule has 1 amide bonds. The summed E-state index contributed by atoms with van der Waals surface area (Å²) in [5.74, 6) is 0.261. The van der Waals surface area contributed by atoms with Gasteiger partial charge in [0.25, 0.3) is 5.91 Å². The molecule has 2 heterocycles. The van der Waals surface area contributed by atoms with Crippen LogP contribution in [-0.4, -0.2) is 25.5 Å². The topological polar surface area (TPSA) is 64.7 Å². The summed E-state index contributed by atoms with van der Waals surface area (Å²) in [5.41, 5.74) is 1.53. The number of benzene rings is 1. The Hall–Kier alpha value is -2.60. The minimum absolute atomic E-state index is 0.235. The lowest BCUT2D eigenvalue weighted by atomic mass is 10.2. The lowest BCUT2D eigenvalue weighted by molar-refractivity contribution is 0.102. The number of hydrogen-bond donors (Lipinski definition) is 1. The molecule has 0 atom stereocenters. The van der Waals surface area contributed by atoms with Crippen molar-refractivity contribution in [1.29, 1.82) is 0 Å². The highest BCUT2D eigenvalue weighted by molar-refractivity contribution is 6.30. The van der Waals surface area contributed by atoms with Crippen LogP contribution in [0, 0.1) is 0 Å². The zero-order valence-corrected chi connectivity index (χ0v) is 12.7. The number of rotatable bonds is 4. The van der Waals surface area contributed by atoms with Crippen LogP contribution in [0.15, 0.2) is 48.9 Å². The number of nitrogens with zero attached hydrogens (tertiary/aromatic N) is 4. The zero-order chi connectivity index (χ0) is 15.5. The first-order chi connectivity index (χ1) is 10.6. The highest BCUT2D eigenvalue weighted by atomic mass is 35.5. The van der Waals surface area contributed by atoms with Gasteiger partial charge in [-0.1, -0.05) is 23.7 Å². The van der Waals surface area contributed by atoms with E-state index in [2.05, 4.69) is 15.5 Å². The first kappa shape index (κ1) is 14.3. The Morgan fingerprint density at radius 2 is 2.23 bits per heavy atom. The van der Waals surface area contributed by atoms with Gasteiger partial charge in [0.2, 0.25) is 0 Å². The van der Waals surface area contributed by atoms with E-state index in [9.17, 15) is 4.79 Å². The van der Waals surface area contributed by atoms with Crippen LogP contribution in [0.1, 0.15) is 15.9 Å². The predicted molar refractivity (Wildman–Crippen MR) is 83.9 cm³/mol. The number of amides is 1. The van der Waals surface area contributed by atoms with Crippen molar-refractivity contribution in [2.75, 3.05) is 5.32 Å². The number of carbonyl (C=O) groups is 1. The van der Waals surface area contributed by atoms with Crippen molar-refractivity contribution in [3.05, 3.63) is 65.1 Å². The van der Waals surface area contributed by atoms with Gasteiger partial charge in [0, 0.05) is 30.5 Å². The molecule has 0 aliphatic carbocycles. The minimum Gasteiger partial charge on any atom is -0.305 e. The van der Waals surface area contributed by atoms with E-state index in [1.54, 1.807) is 34.9 Å². The third kappa shape index (κ3) is 3.35. The van der Waals surface area contributed by atoms with Crippen LogP contribution in [0.5, 0.6) is 0 Å². The standard InChI is InChI=1S/C15H14ClN5O/c1-20-10-12(8-17-20)15(22)18-14-5-6-21(19-14)9-11-3-2-4-13(16)7-11/h2-8,10H,9H2,1H3,(H,18,19,22). The van der Waals surface area contributed by atoms with Gasteiger partial charge in [0.05, 0.1) is 18.3 Å². The fourth-order valence-electron chi connectivity index (χ4n) is 2.07. The average Bonchev–Trinajstić information content (AvgIpc) is 3.08. The minimum atomic E-state index is -0.235. The van der Waals surface area contributed by atoms with Crippen LogP contribution < -0.4 is 5.32 Å². The number of carbonyl (C=O) groups excluding carboxylic acids is 1. The van der Waals surface area contributed by atoms with Gasteiger partial charge in [0.1, 0.15) is 0 Å². The zero-order valence-electron chi connectivity index (χ0n) is 11.9. The molecule has 1 aromatic carbocycles. The van der Waals surface area contributed by atoms with Crippen molar-refractivity contribution < 1.29 is 4.79 Å². The molecule has 0 aliphatic heterocycles. The molecule has 1 N–H and O–H groups in total. The van der Waals surface area contributed by atoms with Gasteiger partial charge in [-0.2, -0.15) is 10.2 Å². The molecule has 2 aromatic heterocycles. The molecule has 0 radical (unpaired) electrons. The second-order valence-electron chi connectivity index (χ2n) is 4.89. The average molecular weight is 316 g/mol. The van der Waals surface area contributed by atoms with Crippen LogP contribution in [0.4, 0.5) is 5.82 Å². The van der Waals surface area contributed by atoms with Crippen LogP contribution in [0.3, 0.4) is 0 Å². The third-order valence-corrected chi connectivity index (χ3v) is 3.32. The number of hydrogen-bond acceptors (Lipinski definition) is 3. The Balaban J connectivity index is 1.67. The second-order valence-corrected chi connectivity index (χ2v) is 5.32. The molecule has 0 spiro atoms. The molecule has 7 heteroatoms. The summed E-state index contributed by atoms with van der Waals surface area (Å²) in [6.45, 7) is 0.587. The molecular weight excluding hydrogens is 302 g/mol. The van der Waals surface area contributed by atoms with Crippen molar-refractivity contribution in [2.45, 2.75) is 6.54 Å². The summed E-state index contributed by atoms with van der Waals surface area (Å²) in [5, 5.41) is 11.7. The van der Waals surface area contributed by atoms with Gasteiger partial charge < -0.3 is 5.32 Å². The van der Waals surface area contributed by atoms with Gasteiger partial charge in [-0.05, 0) is 17.7 Å². The lowest BCUT2D eigenvalue weighted by Gasteiger charge is -2.03. The van der Waals surface area contributed by atoms with E-state index in [0.717, 1.165) is 5.56 Å². The molecule has 3 rings (SSSR count). The van der Waals surface area contributed by atoms with Crippen molar-refractivity contribution in [1.82, 2.24) is 19.6 Å². The maximum Gasteiger partial charge on any atom is 0.260 e. The van der Waals surface area contributed by atoms with Crippen LogP contribution in [-0.2, 0) is 13.6 Å². The van der Waals surface area contributed by atoms with Crippen molar-refractivity contribution in [2.24, 2.45) is 7.05 Å². The Morgan fingerprint density at radius 3 is 2.95 bits per heavy atom. The summed E-state index contributed by atoms with van der Waals surface area (Å²) in [7, 11) is 1.76. The van der Waals surface area contributed by atoms with E-state index < -0.39 is 0 Å². The Morgan fingerprint density at radius 1 is 1.36 bits per heavy atom. The quantitative estimate of drug-likeness (QED) is 0.804. The maximum atomic E-state index is 12.0. The molecule has 0 aliphatic rings. The van der Waals surface area contributed by atoms with Crippen molar-refractivity contribution in [3.8, 4) is 0 Å². The second kappa shape index (κ2) is 6.03. The molecule has 0 bridgehead atoms. The van der Waals surface area contributed by atoms with Gasteiger partial charge >= 0.3 is 0 Å². The summed E-state index contributed by atoms with van der Waals surface area (Å²) in [4.78, 5) is 12.0. The number of aromatic nitrogens is 4. The van der Waals surface area contributed by atoms with E-state index in [1.165, 1.54) is 6.20 Å². The van der Waals surface area contributed by atoms with Crippen LogP contribution in [0.25, 0.3) is 0 Å². The molecule has 0 unspecified atom stereocenters. The highest BCUT2D eigenvalue weighted by Crippen LogP contribution is 2.13.